The van der Waals surface area contributed by atoms with Crippen molar-refractivity contribution >= 4 is 11.6 Å². The van der Waals surface area contributed by atoms with Gasteiger partial charge in [-0.25, -0.2) is 4.98 Å². The van der Waals surface area contributed by atoms with Crippen LogP contribution in [0.25, 0.3) is 11.3 Å². The zero-order chi connectivity index (χ0) is 22.0. The molecule has 3 aromatic rings. The van der Waals surface area contributed by atoms with Crippen molar-refractivity contribution < 1.29 is 13.9 Å². The standard InChI is InChI=1S/C25H29N3O3/c1-17-13-18(2)19(3)23(14-17)30-16-25(29)28-11-9-27(10-12-28)22-7-5-21(6-8-22)24-15-26-20(4)31-24/h5-8,13-15H,9-12,16H2,1-4H3. The van der Waals surface area contributed by atoms with Crippen LogP contribution in [0.5, 0.6) is 5.75 Å². The molecule has 4 rings (SSSR count). The zero-order valence-corrected chi connectivity index (χ0v) is 18.6. The molecule has 1 saturated heterocycles. The number of nitrogens with zero attached hydrogens (tertiary/aromatic N) is 3. The van der Waals surface area contributed by atoms with Crippen molar-refractivity contribution in [2.75, 3.05) is 37.7 Å². The molecule has 6 heteroatoms. The molecule has 0 unspecified atom stereocenters. The second-order valence-electron chi connectivity index (χ2n) is 8.15. The van der Waals surface area contributed by atoms with Crippen LogP contribution < -0.4 is 9.64 Å². The molecule has 0 aliphatic carbocycles. The first-order valence-electron chi connectivity index (χ1n) is 10.7. The lowest BCUT2D eigenvalue weighted by molar-refractivity contribution is -0.133. The fourth-order valence-corrected chi connectivity index (χ4v) is 3.93. The molecule has 0 N–H and O–H groups in total. The van der Waals surface area contributed by atoms with Crippen LogP contribution in [0.2, 0.25) is 0 Å². The number of carbonyl (C=O) groups excluding carboxylic acids is 1. The van der Waals surface area contributed by atoms with E-state index < -0.39 is 0 Å². The maximum Gasteiger partial charge on any atom is 0.260 e. The number of piperazine rings is 1. The summed E-state index contributed by atoms with van der Waals surface area (Å²) in [6.45, 7) is 11.0. The Bertz CT molecular complexity index is 1060. The van der Waals surface area contributed by atoms with Gasteiger partial charge < -0.3 is 19.0 Å². The van der Waals surface area contributed by atoms with Crippen molar-refractivity contribution in [2.45, 2.75) is 27.7 Å². The monoisotopic (exact) mass is 419 g/mol. The van der Waals surface area contributed by atoms with Crippen LogP contribution in [0, 0.1) is 27.7 Å². The van der Waals surface area contributed by atoms with Crippen molar-refractivity contribution in [1.82, 2.24) is 9.88 Å². The molecular formula is C25H29N3O3. The summed E-state index contributed by atoms with van der Waals surface area (Å²) in [5.74, 6) is 2.27. The molecule has 1 fully saturated rings. The molecule has 2 heterocycles. The number of hydrogen-bond acceptors (Lipinski definition) is 5. The van der Waals surface area contributed by atoms with E-state index in [1.807, 2.05) is 43.9 Å². The summed E-state index contributed by atoms with van der Waals surface area (Å²) in [4.78, 5) is 21.0. The van der Waals surface area contributed by atoms with Gasteiger partial charge in [0.1, 0.15) is 5.75 Å². The van der Waals surface area contributed by atoms with Crippen LogP contribution in [0.3, 0.4) is 0 Å². The SMILES string of the molecule is Cc1cc(C)c(C)c(OCC(=O)N2CCN(c3ccc(-c4cnc(C)o4)cc3)CC2)c1. The predicted molar refractivity (Wildman–Crippen MR) is 122 cm³/mol. The van der Waals surface area contributed by atoms with Crippen molar-refractivity contribution in [3.05, 3.63) is 65.2 Å². The van der Waals surface area contributed by atoms with Crippen LogP contribution in [0.1, 0.15) is 22.6 Å². The fraction of sp³-hybridized carbons (Fsp3) is 0.360. The highest BCUT2D eigenvalue weighted by atomic mass is 16.5. The summed E-state index contributed by atoms with van der Waals surface area (Å²) in [5.41, 5.74) is 5.57. The van der Waals surface area contributed by atoms with Gasteiger partial charge in [-0.15, -0.1) is 0 Å². The van der Waals surface area contributed by atoms with E-state index in [9.17, 15) is 4.79 Å². The Morgan fingerprint density at radius 1 is 1.03 bits per heavy atom. The Balaban J connectivity index is 1.31. The van der Waals surface area contributed by atoms with Gasteiger partial charge in [-0.1, -0.05) is 6.07 Å². The molecule has 0 atom stereocenters. The summed E-state index contributed by atoms with van der Waals surface area (Å²) in [7, 11) is 0. The highest BCUT2D eigenvalue weighted by Gasteiger charge is 2.22. The van der Waals surface area contributed by atoms with Crippen molar-refractivity contribution in [2.24, 2.45) is 0 Å². The zero-order valence-electron chi connectivity index (χ0n) is 18.6. The Hall–Kier alpha value is -3.28. The molecule has 1 aliphatic heterocycles. The quantitative estimate of drug-likeness (QED) is 0.617. The van der Waals surface area contributed by atoms with E-state index in [2.05, 4.69) is 35.0 Å². The predicted octanol–water partition coefficient (Wildman–Crippen LogP) is 4.30. The first-order valence-corrected chi connectivity index (χ1v) is 10.7. The van der Waals surface area contributed by atoms with E-state index in [0.717, 1.165) is 47.0 Å². The normalized spacial score (nSPS) is 14.1. The summed E-state index contributed by atoms with van der Waals surface area (Å²) < 4.78 is 11.5. The third-order valence-corrected chi connectivity index (χ3v) is 5.89. The van der Waals surface area contributed by atoms with Crippen LogP contribution in [0.4, 0.5) is 5.69 Å². The number of hydrogen-bond donors (Lipinski definition) is 0. The van der Waals surface area contributed by atoms with Crippen LogP contribution in [-0.2, 0) is 4.79 Å². The minimum Gasteiger partial charge on any atom is -0.483 e. The number of benzene rings is 2. The molecule has 0 bridgehead atoms. The van der Waals surface area contributed by atoms with Gasteiger partial charge >= 0.3 is 0 Å². The second-order valence-corrected chi connectivity index (χ2v) is 8.15. The van der Waals surface area contributed by atoms with Crippen molar-refractivity contribution in [3.8, 4) is 17.1 Å². The summed E-state index contributed by atoms with van der Waals surface area (Å²) in [6.07, 6.45) is 1.75. The van der Waals surface area contributed by atoms with Crippen molar-refractivity contribution in [3.63, 3.8) is 0 Å². The topological polar surface area (TPSA) is 58.8 Å². The van der Waals surface area contributed by atoms with E-state index in [-0.39, 0.29) is 12.5 Å². The summed E-state index contributed by atoms with van der Waals surface area (Å²) in [6, 6.07) is 12.4. The largest absolute Gasteiger partial charge is 0.483 e. The molecule has 2 aromatic carbocycles. The average molecular weight is 420 g/mol. The molecule has 0 saturated carbocycles. The van der Waals surface area contributed by atoms with Gasteiger partial charge in [0.05, 0.1) is 6.20 Å². The van der Waals surface area contributed by atoms with Gasteiger partial charge in [0.2, 0.25) is 0 Å². The number of aryl methyl sites for hydroxylation is 3. The molecule has 1 aliphatic rings. The Morgan fingerprint density at radius 3 is 2.39 bits per heavy atom. The minimum absolute atomic E-state index is 0.0363. The Labute approximate surface area is 183 Å². The van der Waals surface area contributed by atoms with Crippen LogP contribution in [0.15, 0.2) is 47.0 Å². The van der Waals surface area contributed by atoms with E-state index in [4.69, 9.17) is 9.15 Å². The highest BCUT2D eigenvalue weighted by Crippen LogP contribution is 2.25. The average Bonchev–Trinajstić information content (AvgIpc) is 3.21. The van der Waals surface area contributed by atoms with E-state index in [1.54, 1.807) is 6.20 Å². The van der Waals surface area contributed by atoms with E-state index in [0.29, 0.717) is 19.0 Å². The summed E-state index contributed by atoms with van der Waals surface area (Å²) >= 11 is 0. The number of ether oxygens (including phenoxy) is 1. The lowest BCUT2D eigenvalue weighted by Crippen LogP contribution is -2.50. The number of anilines is 1. The molecule has 31 heavy (non-hydrogen) atoms. The number of oxazole rings is 1. The number of aromatic nitrogens is 1. The lowest BCUT2D eigenvalue weighted by Gasteiger charge is -2.36. The molecule has 0 radical (unpaired) electrons. The van der Waals surface area contributed by atoms with E-state index in [1.165, 1.54) is 5.56 Å². The third kappa shape index (κ3) is 4.74. The third-order valence-electron chi connectivity index (χ3n) is 5.89. The Kier molecular flexibility index (Phi) is 5.98. The van der Waals surface area contributed by atoms with Gasteiger partial charge in [-0.2, -0.15) is 0 Å². The molecule has 1 aromatic heterocycles. The first kappa shape index (κ1) is 21.0. The number of carbonyl (C=O) groups is 1. The van der Waals surface area contributed by atoms with E-state index >= 15 is 0 Å². The lowest BCUT2D eigenvalue weighted by atomic mass is 10.1. The molecule has 162 valence electrons. The molecule has 6 nitrogen and oxygen atoms in total. The van der Waals surface area contributed by atoms with Crippen LogP contribution in [-0.4, -0.2) is 48.6 Å². The van der Waals surface area contributed by atoms with Crippen molar-refractivity contribution in [1.29, 1.82) is 0 Å². The molecule has 1 amide bonds. The first-order chi connectivity index (χ1) is 14.9. The smallest absolute Gasteiger partial charge is 0.260 e. The fourth-order valence-electron chi connectivity index (χ4n) is 3.93. The molecular weight excluding hydrogens is 390 g/mol. The highest BCUT2D eigenvalue weighted by molar-refractivity contribution is 5.78. The van der Waals surface area contributed by atoms with Gasteiger partial charge in [0.15, 0.2) is 18.3 Å². The van der Waals surface area contributed by atoms with Crippen LogP contribution >= 0.6 is 0 Å². The maximum absolute atomic E-state index is 12.7. The van der Waals surface area contributed by atoms with Gasteiger partial charge in [-0.3, -0.25) is 4.79 Å². The number of amides is 1. The summed E-state index contributed by atoms with van der Waals surface area (Å²) in [5, 5.41) is 0. The number of rotatable bonds is 5. The molecule has 0 spiro atoms. The maximum atomic E-state index is 12.7. The Morgan fingerprint density at radius 2 is 1.74 bits per heavy atom. The van der Waals surface area contributed by atoms with Gasteiger partial charge in [0.25, 0.3) is 5.91 Å². The second kappa shape index (κ2) is 8.84. The minimum atomic E-state index is 0.0363. The van der Waals surface area contributed by atoms with Gasteiger partial charge in [0, 0.05) is 44.4 Å². The van der Waals surface area contributed by atoms with Gasteiger partial charge in [-0.05, 0) is 67.8 Å².